The summed E-state index contributed by atoms with van der Waals surface area (Å²) in [5.41, 5.74) is -0.481. The van der Waals surface area contributed by atoms with E-state index < -0.39 is 23.3 Å². The number of hydrogen-bond donors (Lipinski definition) is 2. The van der Waals surface area contributed by atoms with Crippen molar-refractivity contribution < 1.29 is 24.0 Å². The molecular formula is C16H24N4O5S. The van der Waals surface area contributed by atoms with Gasteiger partial charge < -0.3 is 20.2 Å². The van der Waals surface area contributed by atoms with Gasteiger partial charge in [-0.1, -0.05) is 25.9 Å². The van der Waals surface area contributed by atoms with E-state index in [1.807, 2.05) is 0 Å². The molecule has 0 saturated heterocycles. The second kappa shape index (κ2) is 9.27. The monoisotopic (exact) mass is 384 g/mol. The summed E-state index contributed by atoms with van der Waals surface area (Å²) >= 11 is 1.11. The van der Waals surface area contributed by atoms with Gasteiger partial charge in [0, 0.05) is 10.8 Å². The molecule has 1 aromatic rings. The van der Waals surface area contributed by atoms with Crippen LogP contribution in [0, 0.1) is 5.41 Å². The zero-order valence-electron chi connectivity index (χ0n) is 15.7. The fraction of sp³-hybridized carbons (Fsp3) is 0.562. The number of ether oxygens (including phenoxy) is 1. The van der Waals surface area contributed by atoms with Gasteiger partial charge >= 0.3 is 5.97 Å². The molecule has 2 amide bonds. The van der Waals surface area contributed by atoms with E-state index in [9.17, 15) is 14.4 Å². The standard InChI is InChI=1S/C16H24N4O5S/c1-7-25-13(22)11(20-24-6)10-8-26-15(18-10)19-12(21)9(2)17-14(23)16(3,4)5/h8-9H,7H2,1-6H3,(H,17,23)(H,18,19,21)/b20-11+. The van der Waals surface area contributed by atoms with Gasteiger partial charge in [0.15, 0.2) is 5.13 Å². The second-order valence-corrected chi connectivity index (χ2v) is 7.17. The highest BCUT2D eigenvalue weighted by Gasteiger charge is 2.26. The van der Waals surface area contributed by atoms with Crippen LogP contribution in [0.15, 0.2) is 10.5 Å². The quantitative estimate of drug-likeness (QED) is 0.418. The lowest BCUT2D eigenvalue weighted by Crippen LogP contribution is -2.46. The molecular weight excluding hydrogens is 360 g/mol. The average molecular weight is 384 g/mol. The predicted molar refractivity (Wildman–Crippen MR) is 98.0 cm³/mol. The number of carbonyl (C=O) groups excluding carboxylic acids is 3. The zero-order chi connectivity index (χ0) is 19.9. The summed E-state index contributed by atoms with van der Waals surface area (Å²) in [6.45, 7) is 8.69. The Bertz CT molecular complexity index is 693. The number of rotatable bonds is 7. The molecule has 9 nitrogen and oxygen atoms in total. The van der Waals surface area contributed by atoms with E-state index in [0.717, 1.165) is 11.3 Å². The van der Waals surface area contributed by atoms with Crippen LogP contribution in [0.4, 0.5) is 5.13 Å². The van der Waals surface area contributed by atoms with Crippen LogP contribution in [-0.4, -0.2) is 48.2 Å². The van der Waals surface area contributed by atoms with Gasteiger partial charge in [-0.25, -0.2) is 9.78 Å². The Balaban J connectivity index is 2.81. The number of hydrogen-bond acceptors (Lipinski definition) is 8. The molecule has 0 fully saturated rings. The number of thiazole rings is 1. The summed E-state index contributed by atoms with van der Waals surface area (Å²) in [5.74, 6) is -1.34. The smallest absolute Gasteiger partial charge is 0.362 e. The first-order valence-corrected chi connectivity index (χ1v) is 8.84. The highest BCUT2D eigenvalue weighted by Crippen LogP contribution is 2.18. The SMILES string of the molecule is CCOC(=O)/C(=N/OC)c1csc(NC(=O)C(C)NC(=O)C(C)(C)C)n1. The first-order chi connectivity index (χ1) is 12.1. The Labute approximate surface area is 156 Å². The van der Waals surface area contributed by atoms with Crippen LogP contribution in [-0.2, 0) is 24.0 Å². The predicted octanol–water partition coefficient (Wildman–Crippen LogP) is 1.55. The molecule has 1 heterocycles. The molecule has 1 atom stereocenters. The summed E-state index contributed by atoms with van der Waals surface area (Å²) in [5, 5.41) is 10.7. The molecule has 2 N–H and O–H groups in total. The van der Waals surface area contributed by atoms with Crippen LogP contribution in [0.3, 0.4) is 0 Å². The van der Waals surface area contributed by atoms with Crippen molar-refractivity contribution in [3.63, 3.8) is 0 Å². The summed E-state index contributed by atoms with van der Waals surface area (Å²) in [7, 11) is 1.30. The lowest BCUT2D eigenvalue weighted by atomic mass is 9.95. The highest BCUT2D eigenvalue weighted by molar-refractivity contribution is 7.14. The van der Waals surface area contributed by atoms with E-state index in [4.69, 9.17) is 4.74 Å². The number of oxime groups is 1. The average Bonchev–Trinajstić information content (AvgIpc) is 2.99. The van der Waals surface area contributed by atoms with Crippen LogP contribution in [0.1, 0.15) is 40.3 Å². The van der Waals surface area contributed by atoms with Crippen LogP contribution in [0.2, 0.25) is 0 Å². The van der Waals surface area contributed by atoms with E-state index in [0.29, 0.717) is 0 Å². The van der Waals surface area contributed by atoms with Crippen LogP contribution < -0.4 is 10.6 Å². The van der Waals surface area contributed by atoms with Gasteiger partial charge in [0.25, 0.3) is 0 Å². The Morgan fingerprint density at radius 2 is 2.00 bits per heavy atom. The molecule has 1 unspecified atom stereocenters. The van der Waals surface area contributed by atoms with Gasteiger partial charge in [0.1, 0.15) is 18.8 Å². The van der Waals surface area contributed by atoms with E-state index >= 15 is 0 Å². The molecule has 0 bridgehead atoms. The number of aromatic nitrogens is 1. The number of nitrogens with zero attached hydrogens (tertiary/aromatic N) is 2. The topological polar surface area (TPSA) is 119 Å². The van der Waals surface area contributed by atoms with Crippen LogP contribution in [0.25, 0.3) is 0 Å². The maximum Gasteiger partial charge on any atom is 0.362 e. The highest BCUT2D eigenvalue weighted by atomic mass is 32.1. The summed E-state index contributed by atoms with van der Waals surface area (Å²) < 4.78 is 4.90. The van der Waals surface area contributed by atoms with Gasteiger partial charge in [-0.3, -0.25) is 9.59 Å². The minimum atomic E-state index is -0.744. The maximum absolute atomic E-state index is 12.2. The van der Waals surface area contributed by atoms with Gasteiger partial charge in [-0.2, -0.15) is 0 Å². The second-order valence-electron chi connectivity index (χ2n) is 6.32. The molecule has 144 valence electrons. The number of amides is 2. The molecule has 1 aromatic heterocycles. The molecule has 10 heteroatoms. The van der Waals surface area contributed by atoms with Gasteiger partial charge in [0.05, 0.1) is 6.61 Å². The molecule has 0 aliphatic carbocycles. The Morgan fingerprint density at radius 3 is 2.54 bits per heavy atom. The number of nitrogens with one attached hydrogen (secondary N) is 2. The third kappa shape index (κ3) is 6.10. The van der Waals surface area contributed by atoms with Gasteiger partial charge in [-0.05, 0) is 13.8 Å². The van der Waals surface area contributed by atoms with E-state index in [-0.39, 0.29) is 29.1 Å². The van der Waals surface area contributed by atoms with Gasteiger partial charge in [-0.15, -0.1) is 11.3 Å². The first kappa shape index (κ1) is 21.6. The minimum absolute atomic E-state index is 0.0971. The molecule has 0 radical (unpaired) electrons. The molecule has 0 aliphatic heterocycles. The Hall–Kier alpha value is -2.49. The van der Waals surface area contributed by atoms with E-state index in [1.165, 1.54) is 7.11 Å². The molecule has 26 heavy (non-hydrogen) atoms. The van der Waals surface area contributed by atoms with Crippen molar-refractivity contribution in [1.29, 1.82) is 0 Å². The Kier molecular flexibility index (Phi) is 7.69. The lowest BCUT2D eigenvalue weighted by molar-refractivity contribution is -0.135. The fourth-order valence-electron chi connectivity index (χ4n) is 1.61. The molecule has 0 spiro atoms. The summed E-state index contributed by atoms with van der Waals surface area (Å²) in [4.78, 5) is 44.8. The number of anilines is 1. The van der Waals surface area contributed by atoms with Crippen molar-refractivity contribution in [2.45, 2.75) is 40.7 Å². The minimum Gasteiger partial charge on any atom is -0.461 e. The number of esters is 1. The van der Waals surface area contributed by atoms with E-state index in [1.54, 1.807) is 40.0 Å². The maximum atomic E-state index is 12.2. The zero-order valence-corrected chi connectivity index (χ0v) is 16.5. The van der Waals surface area contributed by atoms with Crippen molar-refractivity contribution in [1.82, 2.24) is 10.3 Å². The normalized spacial score (nSPS) is 12.9. The summed E-state index contributed by atoms with van der Waals surface area (Å²) in [6.07, 6.45) is 0. The number of carbonyl (C=O) groups is 3. The van der Waals surface area contributed by atoms with E-state index in [2.05, 4.69) is 25.6 Å². The fourth-order valence-corrected chi connectivity index (χ4v) is 2.31. The third-order valence-electron chi connectivity index (χ3n) is 3.05. The molecule has 1 rings (SSSR count). The molecule has 0 aromatic carbocycles. The van der Waals surface area contributed by atoms with Crippen molar-refractivity contribution >= 4 is 40.0 Å². The van der Waals surface area contributed by atoms with Crippen molar-refractivity contribution in [3.8, 4) is 0 Å². The van der Waals surface area contributed by atoms with Crippen molar-refractivity contribution in [2.75, 3.05) is 19.0 Å². The lowest BCUT2D eigenvalue weighted by Gasteiger charge is -2.21. The molecule has 0 aliphatic rings. The largest absolute Gasteiger partial charge is 0.461 e. The van der Waals surface area contributed by atoms with Crippen LogP contribution in [0.5, 0.6) is 0 Å². The first-order valence-electron chi connectivity index (χ1n) is 7.96. The summed E-state index contributed by atoms with van der Waals surface area (Å²) in [6, 6.07) is -0.744. The van der Waals surface area contributed by atoms with Gasteiger partial charge in [0.2, 0.25) is 17.5 Å². The third-order valence-corrected chi connectivity index (χ3v) is 3.81. The van der Waals surface area contributed by atoms with Crippen LogP contribution >= 0.6 is 11.3 Å². The Morgan fingerprint density at radius 1 is 1.35 bits per heavy atom. The molecule has 0 saturated carbocycles. The van der Waals surface area contributed by atoms with Crippen molar-refractivity contribution in [3.05, 3.63) is 11.1 Å². The van der Waals surface area contributed by atoms with Crippen molar-refractivity contribution in [2.24, 2.45) is 10.6 Å².